The van der Waals surface area contributed by atoms with E-state index in [1.165, 1.54) is 24.3 Å². The van der Waals surface area contributed by atoms with Gasteiger partial charge in [-0.3, -0.25) is 14.4 Å². The fourth-order valence-electron chi connectivity index (χ4n) is 3.56. The number of aliphatic carboxylic acids is 1. The number of nitrogens with two attached hydrogens (primary N) is 1. The first kappa shape index (κ1) is 29.1. The van der Waals surface area contributed by atoms with Crippen molar-refractivity contribution >= 4 is 23.7 Å². The lowest BCUT2D eigenvalue weighted by Crippen LogP contribution is -2.54. The summed E-state index contributed by atoms with van der Waals surface area (Å²) in [6.07, 6.45) is 0.419. The summed E-state index contributed by atoms with van der Waals surface area (Å²) in [6, 6.07) is 9.02. The van der Waals surface area contributed by atoms with E-state index in [2.05, 4.69) is 16.0 Å². The van der Waals surface area contributed by atoms with Crippen molar-refractivity contribution in [2.24, 2.45) is 11.7 Å². The number of carbonyl (C=O) groups excluding carboxylic acids is 3. The van der Waals surface area contributed by atoms with Crippen molar-refractivity contribution in [3.63, 3.8) is 0 Å². The molecular weight excluding hydrogens is 480 g/mol. The van der Waals surface area contributed by atoms with E-state index in [0.29, 0.717) is 5.56 Å². The van der Waals surface area contributed by atoms with Gasteiger partial charge in [-0.25, -0.2) is 4.79 Å². The second-order valence-electron chi connectivity index (χ2n) is 9.21. The number of carboxylic acids is 1. The maximum Gasteiger partial charge on any atom is 0.326 e. The van der Waals surface area contributed by atoms with Crippen LogP contribution in [0.5, 0.6) is 11.5 Å². The van der Waals surface area contributed by atoms with Crippen LogP contribution in [0, 0.1) is 5.92 Å². The van der Waals surface area contributed by atoms with Gasteiger partial charge >= 0.3 is 5.97 Å². The molecule has 0 aliphatic rings. The van der Waals surface area contributed by atoms with Crippen molar-refractivity contribution in [1.29, 1.82) is 0 Å². The molecule has 3 unspecified atom stereocenters. The standard InChI is InChI=1S/C26H34N4O7/c1-15(2)11-22(26(36)37)30-25(35)21(13-17-5-9-19(32)10-6-17)29-23(33)14-28-24(34)20(27)12-16-3-7-18(31)8-4-16/h3-10,15,20-22,31-32H,11-14,27H2,1-2H3,(H,28,34)(H,29,33)(H,30,35)(H,36,37). The van der Waals surface area contributed by atoms with Gasteiger partial charge in [0, 0.05) is 6.42 Å². The van der Waals surface area contributed by atoms with Crippen LogP contribution in [0.15, 0.2) is 48.5 Å². The molecule has 0 aromatic heterocycles. The topological polar surface area (TPSA) is 191 Å². The Hall–Kier alpha value is -4.12. The average Bonchev–Trinajstić information content (AvgIpc) is 2.84. The monoisotopic (exact) mass is 514 g/mol. The van der Waals surface area contributed by atoms with Crippen molar-refractivity contribution in [2.75, 3.05) is 6.54 Å². The molecule has 2 aromatic carbocycles. The summed E-state index contributed by atoms with van der Waals surface area (Å²) in [5.74, 6) is -3.00. The molecular formula is C26H34N4O7. The second-order valence-corrected chi connectivity index (χ2v) is 9.21. The van der Waals surface area contributed by atoms with Gasteiger partial charge in [0.25, 0.3) is 0 Å². The van der Waals surface area contributed by atoms with E-state index in [1.54, 1.807) is 24.3 Å². The van der Waals surface area contributed by atoms with Gasteiger partial charge in [-0.05, 0) is 54.2 Å². The van der Waals surface area contributed by atoms with E-state index < -0.39 is 48.4 Å². The van der Waals surface area contributed by atoms with Crippen LogP contribution in [-0.4, -0.2) is 63.7 Å². The molecule has 200 valence electrons. The molecule has 0 aliphatic heterocycles. The lowest BCUT2D eigenvalue weighted by atomic mass is 10.0. The van der Waals surface area contributed by atoms with E-state index in [9.17, 15) is 34.5 Å². The highest BCUT2D eigenvalue weighted by Gasteiger charge is 2.27. The molecule has 0 saturated carbocycles. The van der Waals surface area contributed by atoms with E-state index >= 15 is 0 Å². The number of nitrogens with one attached hydrogen (secondary N) is 3. The Morgan fingerprint density at radius 2 is 1.30 bits per heavy atom. The predicted molar refractivity (Wildman–Crippen MR) is 136 cm³/mol. The maximum absolute atomic E-state index is 13.0. The Morgan fingerprint density at radius 1 is 0.784 bits per heavy atom. The van der Waals surface area contributed by atoms with Gasteiger partial charge in [-0.15, -0.1) is 0 Å². The zero-order chi connectivity index (χ0) is 27.5. The summed E-state index contributed by atoms with van der Waals surface area (Å²) in [5, 5.41) is 35.8. The number of aromatic hydroxyl groups is 2. The fourth-order valence-corrected chi connectivity index (χ4v) is 3.56. The number of benzene rings is 2. The second kappa shape index (κ2) is 13.8. The number of hydrogen-bond donors (Lipinski definition) is 7. The van der Waals surface area contributed by atoms with Gasteiger partial charge in [0.15, 0.2) is 0 Å². The number of phenolic OH excluding ortho intramolecular Hbond substituents is 2. The van der Waals surface area contributed by atoms with Crippen molar-refractivity contribution < 1.29 is 34.5 Å². The minimum absolute atomic E-state index is 0.00698. The molecule has 11 nitrogen and oxygen atoms in total. The van der Waals surface area contributed by atoms with Crippen molar-refractivity contribution in [1.82, 2.24) is 16.0 Å². The first-order valence-corrected chi connectivity index (χ1v) is 11.9. The Bertz CT molecular complexity index is 1070. The summed E-state index contributed by atoms with van der Waals surface area (Å²) in [6.45, 7) is 3.20. The first-order chi connectivity index (χ1) is 17.4. The highest BCUT2D eigenvalue weighted by molar-refractivity contribution is 5.92. The third kappa shape index (κ3) is 10.2. The summed E-state index contributed by atoms with van der Waals surface area (Å²) in [4.78, 5) is 49.5. The van der Waals surface area contributed by atoms with Gasteiger partial charge in [-0.1, -0.05) is 38.1 Å². The van der Waals surface area contributed by atoms with E-state index in [-0.39, 0.29) is 36.7 Å². The lowest BCUT2D eigenvalue weighted by Gasteiger charge is -2.23. The fraction of sp³-hybridized carbons (Fsp3) is 0.385. The summed E-state index contributed by atoms with van der Waals surface area (Å²) < 4.78 is 0. The predicted octanol–water partition coefficient (Wildman–Crippen LogP) is 0.427. The van der Waals surface area contributed by atoms with Crippen molar-refractivity contribution in [3.05, 3.63) is 59.7 Å². The smallest absolute Gasteiger partial charge is 0.326 e. The molecule has 3 atom stereocenters. The molecule has 11 heteroatoms. The van der Waals surface area contributed by atoms with E-state index in [4.69, 9.17) is 5.73 Å². The van der Waals surface area contributed by atoms with Crippen LogP contribution in [0.25, 0.3) is 0 Å². The first-order valence-electron chi connectivity index (χ1n) is 11.9. The number of carboxylic acid groups (broad SMARTS) is 1. The minimum atomic E-state index is -1.19. The Labute approximate surface area is 215 Å². The number of amides is 3. The molecule has 2 rings (SSSR count). The molecule has 2 aromatic rings. The molecule has 0 radical (unpaired) electrons. The third-order valence-electron chi connectivity index (χ3n) is 5.50. The zero-order valence-corrected chi connectivity index (χ0v) is 20.8. The van der Waals surface area contributed by atoms with Crippen LogP contribution < -0.4 is 21.7 Å². The Kier molecular flexibility index (Phi) is 10.9. The van der Waals surface area contributed by atoms with Crippen LogP contribution in [0.1, 0.15) is 31.4 Å². The van der Waals surface area contributed by atoms with E-state index in [0.717, 1.165) is 5.56 Å². The van der Waals surface area contributed by atoms with Gasteiger partial charge in [-0.2, -0.15) is 0 Å². The molecule has 37 heavy (non-hydrogen) atoms. The number of carbonyl (C=O) groups is 4. The highest BCUT2D eigenvalue weighted by atomic mass is 16.4. The molecule has 0 heterocycles. The summed E-state index contributed by atoms with van der Waals surface area (Å²) in [7, 11) is 0. The van der Waals surface area contributed by atoms with Crippen LogP contribution >= 0.6 is 0 Å². The van der Waals surface area contributed by atoms with Gasteiger partial charge in [0.2, 0.25) is 17.7 Å². The molecule has 0 spiro atoms. The SMILES string of the molecule is CC(C)CC(NC(=O)C(Cc1ccc(O)cc1)NC(=O)CNC(=O)C(N)Cc1ccc(O)cc1)C(=O)O. The van der Waals surface area contributed by atoms with Gasteiger partial charge < -0.3 is 37.0 Å². The molecule has 0 saturated heterocycles. The Morgan fingerprint density at radius 3 is 1.78 bits per heavy atom. The van der Waals surface area contributed by atoms with Gasteiger partial charge in [0.05, 0.1) is 12.6 Å². The number of hydrogen-bond acceptors (Lipinski definition) is 7. The summed E-state index contributed by atoms with van der Waals surface area (Å²) in [5.41, 5.74) is 7.26. The zero-order valence-electron chi connectivity index (χ0n) is 20.8. The average molecular weight is 515 g/mol. The van der Waals surface area contributed by atoms with Crippen molar-refractivity contribution in [2.45, 2.75) is 51.2 Å². The van der Waals surface area contributed by atoms with Crippen LogP contribution in [0.2, 0.25) is 0 Å². The minimum Gasteiger partial charge on any atom is -0.508 e. The van der Waals surface area contributed by atoms with E-state index in [1.807, 2.05) is 13.8 Å². The normalized spacial score (nSPS) is 13.3. The van der Waals surface area contributed by atoms with Crippen LogP contribution in [0.4, 0.5) is 0 Å². The quantitative estimate of drug-likeness (QED) is 0.200. The number of rotatable bonds is 13. The third-order valence-corrected chi connectivity index (χ3v) is 5.50. The highest BCUT2D eigenvalue weighted by Crippen LogP contribution is 2.13. The number of phenols is 2. The maximum atomic E-state index is 13.0. The summed E-state index contributed by atoms with van der Waals surface area (Å²) >= 11 is 0. The van der Waals surface area contributed by atoms with Gasteiger partial charge in [0.1, 0.15) is 23.6 Å². The molecule has 0 fully saturated rings. The van der Waals surface area contributed by atoms with Crippen molar-refractivity contribution in [3.8, 4) is 11.5 Å². The Balaban J connectivity index is 2.02. The lowest BCUT2D eigenvalue weighted by molar-refractivity contribution is -0.142. The van der Waals surface area contributed by atoms with Crippen LogP contribution in [0.3, 0.4) is 0 Å². The molecule has 8 N–H and O–H groups in total. The molecule has 0 aliphatic carbocycles. The van der Waals surface area contributed by atoms with Crippen LogP contribution in [-0.2, 0) is 32.0 Å². The molecule has 3 amide bonds. The molecule has 0 bridgehead atoms. The largest absolute Gasteiger partial charge is 0.508 e.